The van der Waals surface area contributed by atoms with Gasteiger partial charge in [-0.3, -0.25) is 9.69 Å². The minimum absolute atomic E-state index is 0.0797. The third-order valence-corrected chi connectivity index (χ3v) is 4.47. The van der Waals surface area contributed by atoms with Gasteiger partial charge in [0.2, 0.25) is 5.91 Å². The Bertz CT molecular complexity index is 747. The van der Waals surface area contributed by atoms with Gasteiger partial charge in [-0.05, 0) is 29.7 Å². The maximum absolute atomic E-state index is 12.0. The first-order chi connectivity index (χ1) is 12.7. The van der Waals surface area contributed by atoms with Gasteiger partial charge in [0, 0.05) is 32.3 Å². The van der Waals surface area contributed by atoms with Gasteiger partial charge in [-0.15, -0.1) is 0 Å². The summed E-state index contributed by atoms with van der Waals surface area (Å²) in [4.78, 5) is 14.4. The number of benzene rings is 2. The molecule has 1 heterocycles. The van der Waals surface area contributed by atoms with E-state index in [1.54, 1.807) is 6.08 Å². The fraction of sp³-hybridized carbons (Fsp3) is 0.318. The summed E-state index contributed by atoms with van der Waals surface area (Å²) in [6, 6.07) is 16.5. The summed E-state index contributed by atoms with van der Waals surface area (Å²) in [5, 5.41) is 2.93. The molecule has 2 aromatic rings. The average Bonchev–Trinajstić information content (AvgIpc) is 2.67. The highest BCUT2D eigenvalue weighted by Gasteiger charge is 2.10. The number of rotatable bonds is 6. The molecule has 3 rings (SSSR count). The minimum atomic E-state index is -0.0797. The molecule has 4 heteroatoms. The zero-order chi connectivity index (χ0) is 18.2. The molecule has 0 unspecified atom stereocenters. The molecule has 1 amide bonds. The van der Waals surface area contributed by atoms with Gasteiger partial charge in [0.25, 0.3) is 0 Å². The third-order valence-electron chi connectivity index (χ3n) is 4.47. The summed E-state index contributed by atoms with van der Waals surface area (Å²) in [6.45, 7) is 7.15. The predicted octanol–water partition coefficient (Wildman–Crippen LogP) is 3.16. The maximum atomic E-state index is 12.0. The maximum Gasteiger partial charge on any atom is 0.244 e. The molecular formula is C22H26N2O2. The van der Waals surface area contributed by atoms with E-state index in [0.717, 1.165) is 44.0 Å². The highest BCUT2D eigenvalue weighted by molar-refractivity contribution is 5.91. The molecule has 0 aromatic heterocycles. The molecule has 136 valence electrons. The van der Waals surface area contributed by atoms with Crippen molar-refractivity contribution in [1.29, 1.82) is 0 Å². The number of nitrogens with zero attached hydrogens (tertiary/aromatic N) is 1. The van der Waals surface area contributed by atoms with Crippen molar-refractivity contribution in [1.82, 2.24) is 10.2 Å². The lowest BCUT2D eigenvalue weighted by atomic mass is 10.1. The normalized spacial score (nSPS) is 15.3. The predicted molar refractivity (Wildman–Crippen MR) is 105 cm³/mol. The second-order valence-electron chi connectivity index (χ2n) is 6.67. The number of hydrogen-bond acceptors (Lipinski definition) is 3. The van der Waals surface area contributed by atoms with Gasteiger partial charge in [-0.2, -0.15) is 0 Å². The van der Waals surface area contributed by atoms with Crippen LogP contribution < -0.4 is 5.32 Å². The van der Waals surface area contributed by atoms with Crippen LogP contribution >= 0.6 is 0 Å². The molecule has 2 aromatic carbocycles. The van der Waals surface area contributed by atoms with Gasteiger partial charge in [0.1, 0.15) is 0 Å². The molecule has 0 radical (unpaired) electrons. The van der Waals surface area contributed by atoms with Crippen molar-refractivity contribution in [3.63, 3.8) is 0 Å². The Hall–Kier alpha value is -2.43. The Morgan fingerprint density at radius 1 is 1.12 bits per heavy atom. The largest absolute Gasteiger partial charge is 0.379 e. The highest BCUT2D eigenvalue weighted by Crippen LogP contribution is 2.09. The number of carbonyl (C=O) groups excluding carboxylic acids is 1. The fourth-order valence-corrected chi connectivity index (χ4v) is 2.97. The van der Waals surface area contributed by atoms with Crippen LogP contribution in [0.2, 0.25) is 0 Å². The Balaban J connectivity index is 1.45. The smallest absolute Gasteiger partial charge is 0.244 e. The molecule has 0 aliphatic carbocycles. The van der Waals surface area contributed by atoms with Gasteiger partial charge in [-0.1, -0.05) is 54.1 Å². The van der Waals surface area contributed by atoms with Gasteiger partial charge >= 0.3 is 0 Å². The SMILES string of the molecule is Cc1cccc(/C=C/C(=O)NCc2ccc(CN3CCOCC3)cc2)c1. The van der Waals surface area contributed by atoms with E-state index < -0.39 is 0 Å². The Morgan fingerprint density at radius 2 is 1.85 bits per heavy atom. The van der Waals surface area contributed by atoms with Crippen LogP contribution in [0, 0.1) is 6.92 Å². The van der Waals surface area contributed by atoms with Crippen LogP contribution in [0.5, 0.6) is 0 Å². The number of nitrogens with one attached hydrogen (secondary N) is 1. The van der Waals surface area contributed by atoms with E-state index in [4.69, 9.17) is 4.74 Å². The molecule has 1 aliphatic rings. The first-order valence-electron chi connectivity index (χ1n) is 9.09. The third kappa shape index (κ3) is 5.83. The average molecular weight is 350 g/mol. The molecule has 1 N–H and O–H groups in total. The van der Waals surface area contributed by atoms with E-state index in [0.29, 0.717) is 6.54 Å². The number of amides is 1. The van der Waals surface area contributed by atoms with E-state index in [-0.39, 0.29) is 5.91 Å². The quantitative estimate of drug-likeness (QED) is 0.814. The monoisotopic (exact) mass is 350 g/mol. The van der Waals surface area contributed by atoms with Gasteiger partial charge in [-0.25, -0.2) is 0 Å². The van der Waals surface area contributed by atoms with Crippen LogP contribution in [0.15, 0.2) is 54.6 Å². The Kier molecular flexibility index (Phi) is 6.58. The number of carbonyl (C=O) groups is 1. The molecule has 4 nitrogen and oxygen atoms in total. The number of hydrogen-bond donors (Lipinski definition) is 1. The first-order valence-corrected chi connectivity index (χ1v) is 9.09. The number of aryl methyl sites for hydroxylation is 1. The Labute approximate surface area is 155 Å². The van der Waals surface area contributed by atoms with Crippen LogP contribution in [-0.4, -0.2) is 37.1 Å². The molecule has 0 saturated carbocycles. The lowest BCUT2D eigenvalue weighted by Gasteiger charge is -2.26. The summed E-state index contributed by atoms with van der Waals surface area (Å²) < 4.78 is 5.38. The zero-order valence-corrected chi connectivity index (χ0v) is 15.3. The van der Waals surface area contributed by atoms with Crippen LogP contribution in [0.25, 0.3) is 6.08 Å². The van der Waals surface area contributed by atoms with Crippen LogP contribution in [0.4, 0.5) is 0 Å². The topological polar surface area (TPSA) is 41.6 Å². The van der Waals surface area contributed by atoms with E-state index in [9.17, 15) is 4.79 Å². The van der Waals surface area contributed by atoms with Gasteiger partial charge in [0.15, 0.2) is 0 Å². The molecule has 1 aliphatic heterocycles. The van der Waals surface area contributed by atoms with Crippen molar-refractivity contribution >= 4 is 12.0 Å². The summed E-state index contributed by atoms with van der Waals surface area (Å²) in [5.74, 6) is -0.0797. The minimum Gasteiger partial charge on any atom is -0.379 e. The summed E-state index contributed by atoms with van der Waals surface area (Å²) in [5.41, 5.74) is 4.62. The van der Waals surface area contributed by atoms with Gasteiger partial charge < -0.3 is 10.1 Å². The molecule has 0 atom stereocenters. The fourth-order valence-electron chi connectivity index (χ4n) is 2.97. The molecule has 1 saturated heterocycles. The number of morpholine rings is 1. The molecule has 0 spiro atoms. The van der Waals surface area contributed by atoms with E-state index in [1.165, 1.54) is 11.1 Å². The molecule has 0 bridgehead atoms. The molecular weight excluding hydrogens is 324 g/mol. The van der Waals surface area contributed by atoms with Crippen molar-refractivity contribution in [3.05, 3.63) is 76.9 Å². The van der Waals surface area contributed by atoms with Crippen molar-refractivity contribution < 1.29 is 9.53 Å². The van der Waals surface area contributed by atoms with Crippen LogP contribution in [0.3, 0.4) is 0 Å². The summed E-state index contributed by atoms with van der Waals surface area (Å²) >= 11 is 0. The van der Waals surface area contributed by atoms with E-state index in [1.807, 2.05) is 31.2 Å². The Morgan fingerprint density at radius 3 is 2.58 bits per heavy atom. The lowest BCUT2D eigenvalue weighted by molar-refractivity contribution is -0.116. The van der Waals surface area contributed by atoms with Crippen molar-refractivity contribution in [2.45, 2.75) is 20.0 Å². The highest BCUT2D eigenvalue weighted by atomic mass is 16.5. The number of ether oxygens (including phenoxy) is 1. The van der Waals surface area contributed by atoms with Gasteiger partial charge in [0.05, 0.1) is 13.2 Å². The van der Waals surface area contributed by atoms with E-state index >= 15 is 0 Å². The van der Waals surface area contributed by atoms with Crippen molar-refractivity contribution in [2.24, 2.45) is 0 Å². The standard InChI is InChI=1S/C22H26N2O2/c1-18-3-2-4-19(15-18)9-10-22(25)23-16-20-5-7-21(8-6-20)17-24-11-13-26-14-12-24/h2-10,15H,11-14,16-17H2,1H3,(H,23,25)/b10-9+. The van der Waals surface area contributed by atoms with Crippen LogP contribution in [0.1, 0.15) is 22.3 Å². The lowest BCUT2D eigenvalue weighted by Crippen LogP contribution is -2.35. The van der Waals surface area contributed by atoms with Crippen molar-refractivity contribution in [3.8, 4) is 0 Å². The summed E-state index contributed by atoms with van der Waals surface area (Å²) in [7, 11) is 0. The second kappa shape index (κ2) is 9.32. The van der Waals surface area contributed by atoms with Crippen molar-refractivity contribution in [2.75, 3.05) is 26.3 Å². The van der Waals surface area contributed by atoms with Crippen LogP contribution in [-0.2, 0) is 22.6 Å². The second-order valence-corrected chi connectivity index (χ2v) is 6.67. The first kappa shape index (κ1) is 18.4. The summed E-state index contributed by atoms with van der Waals surface area (Å²) in [6.07, 6.45) is 3.43. The van der Waals surface area contributed by atoms with E-state index in [2.05, 4.69) is 40.5 Å². The zero-order valence-electron chi connectivity index (χ0n) is 15.3. The molecule has 26 heavy (non-hydrogen) atoms. The molecule has 1 fully saturated rings.